The third kappa shape index (κ3) is 2.38. The number of nitrogens with zero attached hydrogens (tertiary/aromatic N) is 4. The lowest BCUT2D eigenvalue weighted by atomic mass is 10.1. The first-order chi connectivity index (χ1) is 10.8. The molecule has 1 aromatic heterocycles. The van der Waals surface area contributed by atoms with E-state index in [1.54, 1.807) is 11.8 Å². The first-order valence-corrected chi connectivity index (χ1v) is 8.63. The monoisotopic (exact) mass is 371 g/mol. The van der Waals surface area contributed by atoms with Gasteiger partial charge in [0.15, 0.2) is 5.21 Å². The Hall–Kier alpha value is -1.92. The SMILES string of the molecule is Brc1ccc(C2=CCSc3n(-c4ccccc4)nn[n+]32)cc1. The Balaban J connectivity index is 1.80. The Morgan fingerprint density at radius 1 is 1.05 bits per heavy atom. The van der Waals surface area contributed by atoms with Crippen LogP contribution in [0.3, 0.4) is 0 Å². The number of halogens is 1. The second-order valence-electron chi connectivity index (χ2n) is 4.83. The van der Waals surface area contributed by atoms with Gasteiger partial charge < -0.3 is 0 Å². The summed E-state index contributed by atoms with van der Waals surface area (Å²) in [5, 5.41) is 9.68. The molecule has 22 heavy (non-hydrogen) atoms. The summed E-state index contributed by atoms with van der Waals surface area (Å²) in [5.74, 6) is 0.908. The number of hydrogen-bond acceptors (Lipinski definition) is 3. The minimum atomic E-state index is 0.908. The molecule has 0 bridgehead atoms. The third-order valence-corrected chi connectivity index (χ3v) is 4.91. The number of para-hydroxylation sites is 1. The molecule has 1 aliphatic rings. The number of thioether (sulfide) groups is 1. The van der Waals surface area contributed by atoms with Gasteiger partial charge in [-0.1, -0.05) is 50.9 Å². The maximum Gasteiger partial charge on any atom is 0.328 e. The van der Waals surface area contributed by atoms with Crippen LogP contribution in [0.1, 0.15) is 5.56 Å². The van der Waals surface area contributed by atoms with E-state index in [9.17, 15) is 0 Å². The molecule has 0 aliphatic carbocycles. The van der Waals surface area contributed by atoms with Crippen LogP contribution in [0.4, 0.5) is 0 Å². The van der Waals surface area contributed by atoms with Crippen LogP contribution < -0.4 is 4.68 Å². The maximum absolute atomic E-state index is 4.34. The molecule has 0 unspecified atom stereocenters. The summed E-state index contributed by atoms with van der Waals surface area (Å²) >= 11 is 5.21. The summed E-state index contributed by atoms with van der Waals surface area (Å²) < 4.78 is 4.86. The van der Waals surface area contributed by atoms with Crippen molar-refractivity contribution in [3.05, 3.63) is 70.7 Å². The van der Waals surface area contributed by atoms with E-state index in [0.29, 0.717) is 0 Å². The fourth-order valence-electron chi connectivity index (χ4n) is 2.39. The van der Waals surface area contributed by atoms with Crippen LogP contribution in [-0.4, -0.2) is 20.9 Å². The zero-order valence-electron chi connectivity index (χ0n) is 11.6. The Bertz CT molecular complexity index is 840. The topological polar surface area (TPSA) is 34.6 Å². The summed E-state index contributed by atoms with van der Waals surface area (Å²) in [4.78, 5) is 0. The quantitative estimate of drug-likeness (QED) is 0.648. The molecule has 0 spiro atoms. The van der Waals surface area contributed by atoms with Gasteiger partial charge in [-0.05, 0) is 46.8 Å². The lowest BCUT2D eigenvalue weighted by Gasteiger charge is -2.09. The average molecular weight is 372 g/mol. The van der Waals surface area contributed by atoms with E-state index >= 15 is 0 Å². The maximum atomic E-state index is 4.34. The highest BCUT2D eigenvalue weighted by Crippen LogP contribution is 2.25. The molecule has 108 valence electrons. The smallest absolute Gasteiger partial charge is 0.0915 e. The minimum Gasteiger partial charge on any atom is -0.0915 e. The van der Waals surface area contributed by atoms with Gasteiger partial charge in [0.1, 0.15) is 16.6 Å². The highest BCUT2D eigenvalue weighted by atomic mass is 79.9. The summed E-state index contributed by atoms with van der Waals surface area (Å²) in [6.45, 7) is 0. The van der Waals surface area contributed by atoms with Gasteiger partial charge in [0.05, 0.1) is 0 Å². The molecule has 1 aliphatic heterocycles. The van der Waals surface area contributed by atoms with E-state index in [-0.39, 0.29) is 0 Å². The molecular formula is C16H12BrN4S+. The van der Waals surface area contributed by atoms with Gasteiger partial charge >= 0.3 is 5.16 Å². The van der Waals surface area contributed by atoms with Crippen LogP contribution in [-0.2, 0) is 0 Å². The molecule has 0 radical (unpaired) electrons. The van der Waals surface area contributed by atoms with E-state index in [0.717, 1.165) is 32.3 Å². The molecule has 3 aromatic rings. The number of benzene rings is 2. The predicted molar refractivity (Wildman–Crippen MR) is 89.8 cm³/mol. The van der Waals surface area contributed by atoms with E-state index in [1.165, 1.54) is 0 Å². The van der Waals surface area contributed by atoms with Crippen molar-refractivity contribution >= 4 is 33.4 Å². The number of fused-ring (bicyclic) bond motifs is 1. The van der Waals surface area contributed by atoms with Crippen LogP contribution >= 0.6 is 27.7 Å². The second-order valence-corrected chi connectivity index (χ2v) is 6.73. The first kappa shape index (κ1) is 13.7. The van der Waals surface area contributed by atoms with Crippen LogP contribution in [0.15, 0.2) is 70.3 Å². The van der Waals surface area contributed by atoms with Crippen LogP contribution in [0.5, 0.6) is 0 Å². The largest absolute Gasteiger partial charge is 0.328 e. The number of hydrogen-bond donors (Lipinski definition) is 0. The standard InChI is InChI=1S/C16H12BrN4S/c17-13-8-6-12(7-9-13)15-10-11-22-16-20(18-19-21(15)16)14-4-2-1-3-5-14/h1-10H,11H2/q+1. The van der Waals surface area contributed by atoms with Gasteiger partial charge in [-0.15, -0.1) is 0 Å². The van der Waals surface area contributed by atoms with Crippen LogP contribution in [0.25, 0.3) is 11.4 Å². The van der Waals surface area contributed by atoms with Crippen molar-refractivity contribution < 1.29 is 4.68 Å². The first-order valence-electron chi connectivity index (χ1n) is 6.86. The van der Waals surface area contributed by atoms with Crippen molar-refractivity contribution in [1.82, 2.24) is 15.1 Å². The Morgan fingerprint density at radius 2 is 1.82 bits per heavy atom. The lowest BCUT2D eigenvalue weighted by Crippen LogP contribution is -2.39. The fraction of sp³-hybridized carbons (Fsp3) is 0.0625. The molecule has 6 heteroatoms. The van der Waals surface area contributed by atoms with Gasteiger partial charge in [0.25, 0.3) is 0 Å². The van der Waals surface area contributed by atoms with Crippen molar-refractivity contribution in [2.24, 2.45) is 0 Å². The number of tetrazole rings is 1. The molecule has 4 nitrogen and oxygen atoms in total. The summed E-state index contributed by atoms with van der Waals surface area (Å²) in [6, 6.07) is 18.3. The van der Waals surface area contributed by atoms with Gasteiger partial charge in [0.2, 0.25) is 0 Å². The van der Waals surface area contributed by atoms with E-state index in [2.05, 4.69) is 44.6 Å². The van der Waals surface area contributed by atoms with E-state index in [1.807, 2.05) is 51.8 Å². The highest BCUT2D eigenvalue weighted by molar-refractivity contribution is 9.10. The van der Waals surface area contributed by atoms with Crippen molar-refractivity contribution in [1.29, 1.82) is 0 Å². The summed E-state index contributed by atoms with van der Waals surface area (Å²) in [6.07, 6.45) is 2.19. The number of aromatic nitrogens is 4. The van der Waals surface area contributed by atoms with Gasteiger partial charge in [-0.2, -0.15) is 0 Å². The summed E-state index contributed by atoms with van der Waals surface area (Å²) in [5.41, 5.74) is 3.23. The average Bonchev–Trinajstić information content (AvgIpc) is 3.00. The van der Waals surface area contributed by atoms with Crippen LogP contribution in [0.2, 0.25) is 0 Å². The Labute approximate surface area is 140 Å². The van der Waals surface area contributed by atoms with Crippen molar-refractivity contribution in [3.63, 3.8) is 0 Å². The zero-order chi connectivity index (χ0) is 14.9. The lowest BCUT2D eigenvalue weighted by molar-refractivity contribution is -0.683. The Morgan fingerprint density at radius 3 is 2.59 bits per heavy atom. The Kier molecular flexibility index (Phi) is 3.56. The molecule has 0 amide bonds. The fourth-order valence-corrected chi connectivity index (χ4v) is 3.57. The molecule has 2 aromatic carbocycles. The van der Waals surface area contributed by atoms with Gasteiger partial charge in [-0.25, -0.2) is 0 Å². The molecule has 0 N–H and O–H groups in total. The highest BCUT2D eigenvalue weighted by Gasteiger charge is 2.29. The minimum absolute atomic E-state index is 0.908. The van der Waals surface area contributed by atoms with Gasteiger partial charge in [-0.3, -0.25) is 0 Å². The van der Waals surface area contributed by atoms with Crippen molar-refractivity contribution in [2.75, 3.05) is 5.75 Å². The van der Waals surface area contributed by atoms with Crippen molar-refractivity contribution in [2.45, 2.75) is 5.16 Å². The molecule has 0 atom stereocenters. The van der Waals surface area contributed by atoms with Crippen molar-refractivity contribution in [3.8, 4) is 5.69 Å². The molecule has 0 saturated carbocycles. The molecule has 0 fully saturated rings. The van der Waals surface area contributed by atoms with E-state index < -0.39 is 0 Å². The predicted octanol–water partition coefficient (Wildman–Crippen LogP) is 3.31. The molecular weight excluding hydrogens is 360 g/mol. The second kappa shape index (κ2) is 5.70. The van der Waals surface area contributed by atoms with Crippen LogP contribution in [0, 0.1) is 0 Å². The summed E-state index contributed by atoms with van der Waals surface area (Å²) in [7, 11) is 0. The normalized spacial score (nSPS) is 13.6. The number of rotatable bonds is 2. The molecule has 0 saturated heterocycles. The van der Waals surface area contributed by atoms with Gasteiger partial charge in [0, 0.05) is 15.8 Å². The van der Waals surface area contributed by atoms with E-state index in [4.69, 9.17) is 0 Å². The third-order valence-electron chi connectivity index (χ3n) is 3.44. The molecule has 2 heterocycles. The molecule has 4 rings (SSSR count). The zero-order valence-corrected chi connectivity index (χ0v) is 14.0.